The molecule has 110 valence electrons. The van der Waals surface area contributed by atoms with Gasteiger partial charge in [0.05, 0.1) is 0 Å². The molecule has 3 rings (SSSR count). The second-order valence-corrected chi connectivity index (χ2v) is 8.61. The van der Waals surface area contributed by atoms with E-state index in [0.29, 0.717) is 11.3 Å². The van der Waals surface area contributed by atoms with Crippen molar-refractivity contribution in [3.05, 3.63) is 21.4 Å². The minimum absolute atomic E-state index is 0.0893. The number of ether oxygens (including phenoxy) is 1. The molecule has 0 aliphatic heterocycles. The molecule has 0 spiro atoms. The maximum Gasteiger partial charge on any atom is 0.348 e. The predicted molar refractivity (Wildman–Crippen MR) is 82.2 cm³/mol. The molecule has 1 aromatic heterocycles. The van der Waals surface area contributed by atoms with Crippen molar-refractivity contribution < 1.29 is 9.53 Å². The van der Waals surface area contributed by atoms with Gasteiger partial charge in [0, 0.05) is 10.3 Å². The fourth-order valence-corrected chi connectivity index (χ4v) is 5.09. The number of thiophene rings is 1. The molecule has 3 atom stereocenters. The van der Waals surface area contributed by atoms with E-state index in [2.05, 4.69) is 27.7 Å². The van der Waals surface area contributed by atoms with Crippen LogP contribution >= 0.6 is 11.3 Å². The predicted octanol–water partition coefficient (Wildman–Crippen LogP) is 4.74. The Morgan fingerprint density at radius 1 is 1.35 bits per heavy atom. The molecule has 20 heavy (non-hydrogen) atoms. The summed E-state index contributed by atoms with van der Waals surface area (Å²) in [5.74, 6) is 0.581. The zero-order valence-corrected chi connectivity index (χ0v) is 13.9. The van der Waals surface area contributed by atoms with E-state index < -0.39 is 0 Å². The molecule has 3 unspecified atom stereocenters. The molecule has 0 saturated heterocycles. The van der Waals surface area contributed by atoms with E-state index in [9.17, 15) is 4.79 Å². The largest absolute Gasteiger partial charge is 0.458 e. The van der Waals surface area contributed by atoms with Crippen molar-refractivity contribution in [3.8, 4) is 0 Å². The van der Waals surface area contributed by atoms with Gasteiger partial charge in [-0.2, -0.15) is 0 Å². The summed E-state index contributed by atoms with van der Waals surface area (Å²) >= 11 is 1.55. The standard InChI is InChI=1S/C17H24O2S/c1-10-8-13(20-11(10)2)15(18)19-14-9-12-6-7-17(14,5)16(12,3)4/h8,12,14H,6-7,9H2,1-5H3. The van der Waals surface area contributed by atoms with Crippen LogP contribution in [0.5, 0.6) is 0 Å². The van der Waals surface area contributed by atoms with Gasteiger partial charge >= 0.3 is 5.97 Å². The fourth-order valence-electron chi connectivity index (χ4n) is 4.17. The Balaban J connectivity index is 1.78. The average Bonchev–Trinajstić information content (AvgIpc) is 2.87. The van der Waals surface area contributed by atoms with Gasteiger partial charge in [-0.3, -0.25) is 0 Å². The van der Waals surface area contributed by atoms with Crippen LogP contribution in [0.4, 0.5) is 0 Å². The van der Waals surface area contributed by atoms with Gasteiger partial charge in [0.25, 0.3) is 0 Å². The van der Waals surface area contributed by atoms with E-state index in [4.69, 9.17) is 4.74 Å². The maximum absolute atomic E-state index is 12.4. The highest BCUT2D eigenvalue weighted by molar-refractivity contribution is 7.14. The quantitative estimate of drug-likeness (QED) is 0.736. The first-order valence-corrected chi connectivity index (χ1v) is 8.35. The maximum atomic E-state index is 12.4. The third-order valence-electron chi connectivity index (χ3n) is 6.33. The first kappa shape index (κ1) is 14.1. The van der Waals surface area contributed by atoms with E-state index in [1.165, 1.54) is 23.3 Å². The molecule has 0 amide bonds. The van der Waals surface area contributed by atoms with Crippen molar-refractivity contribution in [2.45, 2.75) is 60.0 Å². The average molecular weight is 292 g/mol. The van der Waals surface area contributed by atoms with Gasteiger partial charge in [-0.05, 0) is 56.1 Å². The van der Waals surface area contributed by atoms with E-state index in [1.807, 2.05) is 13.0 Å². The SMILES string of the molecule is Cc1cc(C(=O)OC2CC3CCC2(C)C3(C)C)sc1C. The Kier molecular flexibility index (Phi) is 3.06. The Morgan fingerprint density at radius 2 is 2.05 bits per heavy atom. The van der Waals surface area contributed by atoms with Gasteiger partial charge in [-0.1, -0.05) is 20.8 Å². The van der Waals surface area contributed by atoms with Gasteiger partial charge in [0.15, 0.2) is 0 Å². The van der Waals surface area contributed by atoms with Gasteiger partial charge in [-0.15, -0.1) is 11.3 Å². The number of carbonyl (C=O) groups excluding carboxylic acids is 1. The summed E-state index contributed by atoms with van der Waals surface area (Å²) in [6.07, 6.45) is 3.60. The van der Waals surface area contributed by atoms with Crippen LogP contribution in [-0.2, 0) is 4.74 Å². The summed E-state index contributed by atoms with van der Waals surface area (Å²) in [4.78, 5) is 14.3. The fraction of sp³-hybridized carbons (Fsp3) is 0.706. The molecule has 2 fully saturated rings. The van der Waals surface area contributed by atoms with Crippen molar-refractivity contribution in [1.29, 1.82) is 0 Å². The van der Waals surface area contributed by atoms with Gasteiger partial charge in [-0.25, -0.2) is 4.79 Å². The lowest BCUT2D eigenvalue weighted by molar-refractivity contribution is -0.0238. The summed E-state index contributed by atoms with van der Waals surface area (Å²) in [7, 11) is 0. The first-order chi connectivity index (χ1) is 9.25. The normalized spacial score (nSPS) is 34.5. The molecule has 0 N–H and O–H groups in total. The van der Waals surface area contributed by atoms with Crippen LogP contribution in [0, 0.1) is 30.6 Å². The minimum atomic E-state index is -0.124. The Labute approximate surface area is 125 Å². The van der Waals surface area contributed by atoms with Crippen molar-refractivity contribution in [1.82, 2.24) is 0 Å². The van der Waals surface area contributed by atoms with Crippen LogP contribution in [-0.4, -0.2) is 12.1 Å². The van der Waals surface area contributed by atoms with Gasteiger partial charge in [0.2, 0.25) is 0 Å². The molecule has 2 saturated carbocycles. The highest BCUT2D eigenvalue weighted by Gasteiger charge is 2.62. The summed E-state index contributed by atoms with van der Waals surface area (Å²) in [6.45, 7) is 11.1. The number of aryl methyl sites for hydroxylation is 2. The summed E-state index contributed by atoms with van der Waals surface area (Å²) in [5.41, 5.74) is 1.62. The Morgan fingerprint density at radius 3 is 2.50 bits per heavy atom. The molecule has 2 bridgehead atoms. The topological polar surface area (TPSA) is 26.3 Å². The number of hydrogen-bond acceptors (Lipinski definition) is 3. The summed E-state index contributed by atoms with van der Waals surface area (Å²) in [6, 6.07) is 1.96. The first-order valence-electron chi connectivity index (χ1n) is 7.54. The lowest BCUT2D eigenvalue weighted by Gasteiger charge is -2.38. The van der Waals surface area contributed by atoms with Crippen LogP contribution < -0.4 is 0 Å². The van der Waals surface area contributed by atoms with Crippen molar-refractivity contribution in [2.24, 2.45) is 16.7 Å². The van der Waals surface area contributed by atoms with Crippen LogP contribution in [0.3, 0.4) is 0 Å². The van der Waals surface area contributed by atoms with E-state index >= 15 is 0 Å². The number of fused-ring (bicyclic) bond motifs is 2. The second kappa shape index (κ2) is 4.33. The van der Waals surface area contributed by atoms with Gasteiger partial charge in [0.1, 0.15) is 11.0 Å². The smallest absolute Gasteiger partial charge is 0.348 e. The molecule has 0 aromatic carbocycles. The monoisotopic (exact) mass is 292 g/mol. The molecule has 3 heteroatoms. The van der Waals surface area contributed by atoms with Crippen LogP contribution in [0.25, 0.3) is 0 Å². The number of esters is 1. The Hall–Kier alpha value is -0.830. The van der Waals surface area contributed by atoms with Crippen LogP contribution in [0.2, 0.25) is 0 Å². The zero-order chi connectivity index (χ0) is 14.7. The molecule has 0 radical (unpaired) electrons. The lowest BCUT2D eigenvalue weighted by atomic mass is 9.70. The van der Waals surface area contributed by atoms with Crippen molar-refractivity contribution in [3.63, 3.8) is 0 Å². The molecule has 1 heterocycles. The third-order valence-corrected chi connectivity index (χ3v) is 7.46. The van der Waals surface area contributed by atoms with Crippen LogP contribution in [0.15, 0.2) is 6.07 Å². The van der Waals surface area contributed by atoms with Crippen LogP contribution in [0.1, 0.15) is 60.1 Å². The number of carbonyl (C=O) groups is 1. The van der Waals surface area contributed by atoms with Crippen molar-refractivity contribution >= 4 is 17.3 Å². The number of hydrogen-bond donors (Lipinski definition) is 0. The summed E-state index contributed by atoms with van der Waals surface area (Å²) in [5, 5.41) is 0. The molecule has 2 aliphatic rings. The molecular weight excluding hydrogens is 268 g/mol. The van der Waals surface area contributed by atoms with Gasteiger partial charge < -0.3 is 4.74 Å². The molecule has 2 nitrogen and oxygen atoms in total. The lowest BCUT2D eigenvalue weighted by Crippen LogP contribution is -2.38. The zero-order valence-electron chi connectivity index (χ0n) is 13.1. The molecule has 2 aliphatic carbocycles. The highest BCUT2D eigenvalue weighted by Crippen LogP contribution is 2.66. The van der Waals surface area contributed by atoms with E-state index in [1.54, 1.807) is 11.3 Å². The molecule has 1 aromatic rings. The van der Waals surface area contributed by atoms with Crippen molar-refractivity contribution in [2.75, 3.05) is 0 Å². The highest BCUT2D eigenvalue weighted by atomic mass is 32.1. The molecular formula is C17H24O2S. The number of rotatable bonds is 2. The van der Waals surface area contributed by atoms with E-state index in [0.717, 1.165) is 11.3 Å². The third kappa shape index (κ3) is 1.78. The summed E-state index contributed by atoms with van der Waals surface area (Å²) < 4.78 is 5.91. The minimum Gasteiger partial charge on any atom is -0.458 e. The Bertz CT molecular complexity index is 538. The second-order valence-electron chi connectivity index (χ2n) is 7.35. The van der Waals surface area contributed by atoms with E-state index in [-0.39, 0.29) is 17.5 Å².